The quantitative estimate of drug-likeness (QED) is 0.850. The van der Waals surface area contributed by atoms with Gasteiger partial charge in [-0.05, 0) is 44.0 Å². The Morgan fingerprint density at radius 3 is 2.63 bits per heavy atom. The fourth-order valence-electron chi connectivity index (χ4n) is 1.59. The first-order valence-electron chi connectivity index (χ1n) is 5.89. The number of thioether (sulfide) groups is 1. The minimum Gasteiger partial charge on any atom is -0.405 e. The fourth-order valence-corrected chi connectivity index (χ4v) is 2.05. The lowest BCUT2D eigenvalue weighted by molar-refractivity contribution is 1.04. The van der Waals surface area contributed by atoms with Crippen molar-refractivity contribution in [3.8, 4) is 11.3 Å². The minimum atomic E-state index is 0.815. The monoisotopic (exact) mass is 273 g/mol. The predicted molar refractivity (Wildman–Crippen MR) is 83.1 cm³/mol. The molecule has 19 heavy (non-hydrogen) atoms. The maximum absolute atomic E-state index is 4.61. The highest BCUT2D eigenvalue weighted by Gasteiger charge is 2.05. The zero-order chi connectivity index (χ0) is 14.3. The van der Waals surface area contributed by atoms with Crippen molar-refractivity contribution >= 4 is 11.8 Å². The highest BCUT2D eigenvalue weighted by Crippen LogP contribution is 2.25. The van der Waals surface area contributed by atoms with Crippen molar-refractivity contribution in [2.24, 2.45) is 5.73 Å². The Morgan fingerprint density at radius 1 is 1.32 bits per heavy atom. The molecule has 0 radical (unpaired) electrons. The van der Waals surface area contributed by atoms with Crippen LogP contribution in [-0.2, 0) is 0 Å². The van der Waals surface area contributed by atoms with Gasteiger partial charge in [0.2, 0.25) is 0 Å². The molecule has 100 valence electrons. The van der Waals surface area contributed by atoms with E-state index in [2.05, 4.69) is 52.8 Å². The highest BCUT2D eigenvalue weighted by atomic mass is 32.2. The van der Waals surface area contributed by atoms with Gasteiger partial charge in [0, 0.05) is 16.7 Å². The number of nitrogens with two attached hydrogens (primary N) is 1. The smallest absolute Gasteiger partial charge is 0.125 e. The topological polar surface area (TPSA) is 51.8 Å². The first-order chi connectivity index (χ1) is 9.12. The van der Waals surface area contributed by atoms with Crippen molar-refractivity contribution < 1.29 is 0 Å². The number of benzene rings is 1. The zero-order valence-corrected chi connectivity index (χ0v) is 12.4. The second-order valence-electron chi connectivity index (χ2n) is 3.92. The molecule has 3 nitrogen and oxygen atoms in total. The van der Waals surface area contributed by atoms with E-state index in [9.17, 15) is 0 Å². The minimum absolute atomic E-state index is 0.815. The lowest BCUT2D eigenvalue weighted by Crippen LogP contribution is -1.94. The Morgan fingerprint density at radius 2 is 2.00 bits per heavy atom. The Balaban J connectivity index is 0.000000550. The molecule has 2 N–H and O–H groups in total. The molecule has 0 spiro atoms. The summed E-state index contributed by atoms with van der Waals surface area (Å²) < 4.78 is 0. The van der Waals surface area contributed by atoms with Crippen LogP contribution >= 0.6 is 11.8 Å². The van der Waals surface area contributed by atoms with E-state index < -0.39 is 0 Å². The second-order valence-corrected chi connectivity index (χ2v) is 4.80. The van der Waals surface area contributed by atoms with E-state index in [1.165, 1.54) is 11.1 Å². The Kier molecular flexibility index (Phi) is 6.09. The van der Waals surface area contributed by atoms with Crippen LogP contribution in [0, 0.1) is 13.8 Å². The fraction of sp³-hybridized carbons (Fsp3) is 0.200. The summed E-state index contributed by atoms with van der Waals surface area (Å²) in [5.41, 5.74) is 7.92. The molecule has 0 aliphatic rings. The first-order valence-corrected chi connectivity index (χ1v) is 7.12. The van der Waals surface area contributed by atoms with Gasteiger partial charge in [0.25, 0.3) is 0 Å². The number of rotatable bonds is 2. The molecule has 2 aromatic rings. The average Bonchev–Trinajstić information content (AvgIpc) is 2.42. The summed E-state index contributed by atoms with van der Waals surface area (Å²) in [4.78, 5) is 9.95. The van der Waals surface area contributed by atoms with Gasteiger partial charge in [-0.2, -0.15) is 0 Å². The van der Waals surface area contributed by atoms with E-state index in [4.69, 9.17) is 0 Å². The van der Waals surface area contributed by atoms with Gasteiger partial charge in [-0.1, -0.05) is 18.7 Å². The number of hydrogen-bond acceptors (Lipinski definition) is 4. The molecular weight excluding hydrogens is 254 g/mol. The summed E-state index contributed by atoms with van der Waals surface area (Å²) in [5, 5.41) is 0. The van der Waals surface area contributed by atoms with Gasteiger partial charge in [0.05, 0.1) is 5.69 Å². The average molecular weight is 273 g/mol. The van der Waals surface area contributed by atoms with Crippen LogP contribution in [0.25, 0.3) is 11.3 Å². The van der Waals surface area contributed by atoms with Crippen LogP contribution in [0.2, 0.25) is 0 Å². The van der Waals surface area contributed by atoms with Gasteiger partial charge < -0.3 is 5.73 Å². The Bertz CT molecular complexity index is 553. The van der Waals surface area contributed by atoms with E-state index in [-0.39, 0.29) is 0 Å². The second kappa shape index (κ2) is 7.59. The molecule has 0 saturated carbocycles. The van der Waals surface area contributed by atoms with Crippen LogP contribution in [0.3, 0.4) is 0 Å². The van der Waals surface area contributed by atoms with Crippen molar-refractivity contribution in [1.82, 2.24) is 9.97 Å². The molecular formula is C15H19N3S. The molecule has 0 aliphatic carbocycles. The maximum Gasteiger partial charge on any atom is 0.125 e. The summed E-state index contributed by atoms with van der Waals surface area (Å²) in [5.74, 6) is 0.815. The molecule has 1 aromatic heterocycles. The largest absolute Gasteiger partial charge is 0.405 e. The molecule has 0 fully saturated rings. The van der Waals surface area contributed by atoms with E-state index in [0.29, 0.717) is 0 Å². The van der Waals surface area contributed by atoms with Gasteiger partial charge in [-0.25, -0.2) is 9.97 Å². The summed E-state index contributed by atoms with van der Waals surface area (Å²) in [6.07, 6.45) is 5.21. The molecule has 0 saturated heterocycles. The van der Waals surface area contributed by atoms with Gasteiger partial charge in [0.15, 0.2) is 0 Å². The SMILES string of the molecule is C=CN.CSc1cccc(-c2nc(C)ncc2C)c1. The molecule has 1 aromatic carbocycles. The molecule has 0 unspecified atom stereocenters. The van der Waals surface area contributed by atoms with Gasteiger partial charge in [-0.3, -0.25) is 0 Å². The third-order valence-electron chi connectivity index (χ3n) is 2.44. The van der Waals surface area contributed by atoms with Crippen molar-refractivity contribution in [3.63, 3.8) is 0 Å². The Hall–Kier alpha value is -1.81. The lowest BCUT2D eigenvalue weighted by atomic mass is 10.1. The molecule has 0 aliphatic heterocycles. The van der Waals surface area contributed by atoms with Crippen LogP contribution in [0.4, 0.5) is 0 Å². The summed E-state index contributed by atoms with van der Waals surface area (Å²) in [6.45, 7) is 7.10. The molecule has 0 atom stereocenters. The van der Waals surface area contributed by atoms with E-state index in [1.54, 1.807) is 11.8 Å². The maximum atomic E-state index is 4.61. The van der Waals surface area contributed by atoms with Crippen molar-refractivity contribution in [2.75, 3.05) is 6.26 Å². The van der Waals surface area contributed by atoms with Crippen LogP contribution in [0.1, 0.15) is 11.4 Å². The van der Waals surface area contributed by atoms with Gasteiger partial charge >= 0.3 is 0 Å². The van der Waals surface area contributed by atoms with Crippen LogP contribution in [0.15, 0.2) is 48.1 Å². The van der Waals surface area contributed by atoms with Crippen molar-refractivity contribution in [3.05, 3.63) is 54.6 Å². The van der Waals surface area contributed by atoms with Gasteiger partial charge in [-0.15, -0.1) is 11.8 Å². The Labute approximate surface area is 119 Å². The molecule has 2 rings (SSSR count). The summed E-state index contributed by atoms with van der Waals surface area (Å²) >= 11 is 1.74. The number of aromatic nitrogens is 2. The summed E-state index contributed by atoms with van der Waals surface area (Å²) in [7, 11) is 0. The van der Waals surface area contributed by atoms with Crippen LogP contribution in [-0.4, -0.2) is 16.2 Å². The van der Waals surface area contributed by atoms with Crippen molar-refractivity contribution in [1.29, 1.82) is 0 Å². The third kappa shape index (κ3) is 4.41. The molecule has 1 heterocycles. The van der Waals surface area contributed by atoms with E-state index in [0.717, 1.165) is 22.6 Å². The van der Waals surface area contributed by atoms with Crippen LogP contribution in [0.5, 0.6) is 0 Å². The molecule has 0 amide bonds. The normalized spacial score (nSPS) is 9.42. The lowest BCUT2D eigenvalue weighted by Gasteiger charge is -2.06. The molecule has 4 heteroatoms. The summed E-state index contributed by atoms with van der Waals surface area (Å²) in [6, 6.07) is 8.43. The van der Waals surface area contributed by atoms with Gasteiger partial charge in [0.1, 0.15) is 5.82 Å². The number of nitrogens with zero attached hydrogens (tertiary/aromatic N) is 2. The van der Waals surface area contributed by atoms with Crippen molar-refractivity contribution in [2.45, 2.75) is 18.7 Å². The third-order valence-corrected chi connectivity index (χ3v) is 3.16. The first kappa shape index (κ1) is 15.2. The number of hydrogen-bond donors (Lipinski definition) is 1. The van der Waals surface area contributed by atoms with Crippen LogP contribution < -0.4 is 5.73 Å². The predicted octanol–water partition coefficient (Wildman–Crippen LogP) is 3.57. The number of aryl methyl sites for hydroxylation is 2. The van der Waals surface area contributed by atoms with E-state index in [1.807, 2.05) is 20.0 Å². The highest BCUT2D eigenvalue weighted by molar-refractivity contribution is 7.98. The standard InChI is InChI=1S/C13H14N2S.C2H5N/c1-9-8-14-10(2)15-13(9)11-5-4-6-12(7-11)16-3;1-2-3/h4-8H,1-3H3;2H,1,3H2. The van der Waals surface area contributed by atoms with E-state index >= 15 is 0 Å². The molecule has 0 bridgehead atoms. The zero-order valence-electron chi connectivity index (χ0n) is 11.6.